The summed E-state index contributed by atoms with van der Waals surface area (Å²) in [6, 6.07) is 3.41. The molecule has 116 valence electrons. The maximum atomic E-state index is 13.4. The molecule has 0 heterocycles. The predicted molar refractivity (Wildman–Crippen MR) is 80.0 cm³/mol. The van der Waals surface area contributed by atoms with Crippen molar-refractivity contribution in [3.8, 4) is 0 Å². The van der Waals surface area contributed by atoms with Crippen LogP contribution in [0.25, 0.3) is 0 Å². The van der Waals surface area contributed by atoms with E-state index in [-0.39, 0.29) is 12.8 Å². The third-order valence-electron chi connectivity index (χ3n) is 3.52. The van der Waals surface area contributed by atoms with E-state index in [1.54, 1.807) is 19.1 Å². The zero-order chi connectivity index (χ0) is 16.2. The molecule has 2 unspecified atom stereocenters. The molecule has 21 heavy (non-hydrogen) atoms. The van der Waals surface area contributed by atoms with Gasteiger partial charge in [-0.25, -0.2) is 4.39 Å². The number of aliphatic carboxylic acids is 1. The molecule has 1 aromatic carbocycles. The lowest BCUT2D eigenvalue weighted by Gasteiger charge is -2.21. The van der Waals surface area contributed by atoms with Gasteiger partial charge in [-0.05, 0) is 29.2 Å². The van der Waals surface area contributed by atoms with Gasteiger partial charge in [0.1, 0.15) is 0 Å². The molecule has 4 nitrogen and oxygen atoms in total. The van der Waals surface area contributed by atoms with E-state index in [1.165, 1.54) is 0 Å². The van der Waals surface area contributed by atoms with Crippen LogP contribution in [0.15, 0.2) is 12.1 Å². The summed E-state index contributed by atoms with van der Waals surface area (Å²) in [4.78, 5) is 22.2. The molecule has 1 aliphatic rings. The highest BCUT2D eigenvalue weighted by Gasteiger charge is 2.27. The molecule has 0 spiro atoms. The van der Waals surface area contributed by atoms with Crippen LogP contribution in [0.5, 0.6) is 0 Å². The number of Topliss-reactive ketones (excluding diaryl/α,β-unsaturated/α-hetero) is 1. The minimum absolute atomic E-state index is 0.0584. The average molecular weight is 295 g/mol. The van der Waals surface area contributed by atoms with Gasteiger partial charge in [-0.1, -0.05) is 26.8 Å². The number of ketones is 1. The van der Waals surface area contributed by atoms with Crippen LogP contribution in [-0.4, -0.2) is 23.0 Å². The largest absolute Gasteiger partial charge is 0.481 e. The van der Waals surface area contributed by atoms with Crippen LogP contribution in [0.1, 0.15) is 37.5 Å². The number of carbonyl (C=O) groups excluding carboxylic acids is 1. The minimum atomic E-state index is -1.46. The fourth-order valence-electron chi connectivity index (χ4n) is 2.31. The monoisotopic (exact) mass is 295 g/mol. The molecule has 0 radical (unpaired) electrons. The van der Waals surface area contributed by atoms with Gasteiger partial charge in [-0.15, -0.1) is 0 Å². The van der Waals surface area contributed by atoms with Crippen LogP contribution in [0.2, 0.25) is 0 Å². The highest BCUT2D eigenvalue weighted by Crippen LogP contribution is 2.27. The first-order valence-electron chi connectivity index (χ1n) is 7.18. The van der Waals surface area contributed by atoms with Crippen molar-refractivity contribution >= 4 is 17.4 Å². The van der Waals surface area contributed by atoms with E-state index in [1.807, 2.05) is 13.8 Å². The first-order chi connectivity index (χ1) is 9.88. The number of carboxylic acids is 1. The Kier molecular flexibility index (Phi) is 5.88. The first-order valence-corrected chi connectivity index (χ1v) is 7.18. The Balaban J connectivity index is 0.00000106. The van der Waals surface area contributed by atoms with E-state index in [2.05, 4.69) is 0 Å². The van der Waals surface area contributed by atoms with E-state index < -0.39 is 23.8 Å². The van der Waals surface area contributed by atoms with Crippen LogP contribution >= 0.6 is 0 Å². The average Bonchev–Trinajstić information content (AvgIpc) is 2.44. The number of hydrogen-bond acceptors (Lipinski definition) is 3. The van der Waals surface area contributed by atoms with Crippen LogP contribution in [0.4, 0.5) is 10.1 Å². The van der Waals surface area contributed by atoms with Crippen molar-refractivity contribution in [1.29, 1.82) is 0 Å². The van der Waals surface area contributed by atoms with Gasteiger partial charge in [0.05, 0.1) is 5.92 Å². The zero-order valence-electron chi connectivity index (χ0n) is 12.6. The molecule has 0 bridgehead atoms. The molecule has 3 N–H and O–H groups in total. The Hall–Kier alpha value is -1.91. The summed E-state index contributed by atoms with van der Waals surface area (Å²) in [6.07, 6.45) is -1.03. The molecule has 5 heteroatoms. The molecular weight excluding hydrogens is 273 g/mol. The van der Waals surface area contributed by atoms with Crippen molar-refractivity contribution in [2.75, 3.05) is 5.73 Å². The second-order valence-corrected chi connectivity index (χ2v) is 5.08. The summed E-state index contributed by atoms with van der Waals surface area (Å²) >= 11 is 0. The van der Waals surface area contributed by atoms with Crippen molar-refractivity contribution in [3.05, 3.63) is 28.8 Å². The first kappa shape index (κ1) is 17.1. The summed E-state index contributed by atoms with van der Waals surface area (Å²) in [5, 5.41) is 8.90. The second-order valence-electron chi connectivity index (χ2n) is 5.08. The molecular formula is C16H22FNO3. The topological polar surface area (TPSA) is 80.4 Å². The quantitative estimate of drug-likeness (QED) is 0.840. The highest BCUT2D eigenvalue weighted by atomic mass is 19.1. The molecule has 1 aromatic rings. The fraction of sp³-hybridized carbons (Fsp3) is 0.500. The maximum absolute atomic E-state index is 13.4. The van der Waals surface area contributed by atoms with Gasteiger partial charge in [0, 0.05) is 18.5 Å². The summed E-state index contributed by atoms with van der Waals surface area (Å²) < 4.78 is 13.4. The molecule has 0 fully saturated rings. The van der Waals surface area contributed by atoms with Gasteiger partial charge in [0.15, 0.2) is 12.0 Å². The molecule has 0 aromatic heterocycles. The molecule has 2 atom stereocenters. The minimum Gasteiger partial charge on any atom is -0.481 e. The van der Waals surface area contributed by atoms with Gasteiger partial charge in [0.2, 0.25) is 0 Å². The summed E-state index contributed by atoms with van der Waals surface area (Å²) in [7, 11) is 0. The second kappa shape index (κ2) is 7.20. The van der Waals surface area contributed by atoms with Crippen molar-refractivity contribution in [2.45, 2.75) is 46.2 Å². The standard InChI is InChI=1S/C14H16FNO3.C2H6/c1-7(14(18)19)2-10-3-8-4-11(15)13(17)6-9(8)5-12(10)16;1-2/h3,5,7,11H,2,4,6,16H2,1H3,(H,18,19);1-2H3. The molecule has 0 aliphatic heterocycles. The Bertz CT molecular complexity index is 543. The van der Waals surface area contributed by atoms with Crippen LogP contribution in [-0.2, 0) is 28.9 Å². The van der Waals surface area contributed by atoms with E-state index in [0.717, 1.165) is 11.1 Å². The smallest absolute Gasteiger partial charge is 0.306 e. The van der Waals surface area contributed by atoms with Gasteiger partial charge < -0.3 is 10.8 Å². The van der Waals surface area contributed by atoms with Crippen LogP contribution in [0, 0.1) is 5.92 Å². The van der Waals surface area contributed by atoms with E-state index in [0.29, 0.717) is 17.7 Å². The Morgan fingerprint density at radius 2 is 2.05 bits per heavy atom. The molecule has 1 aliphatic carbocycles. The van der Waals surface area contributed by atoms with Gasteiger partial charge in [0.25, 0.3) is 0 Å². The van der Waals surface area contributed by atoms with Crippen LogP contribution < -0.4 is 5.73 Å². The number of carboxylic acid groups (broad SMARTS) is 1. The number of hydrogen-bond donors (Lipinski definition) is 2. The van der Waals surface area contributed by atoms with Crippen molar-refractivity contribution in [2.24, 2.45) is 5.92 Å². The number of nitrogens with two attached hydrogens (primary N) is 1. The Morgan fingerprint density at radius 3 is 2.62 bits per heavy atom. The maximum Gasteiger partial charge on any atom is 0.306 e. The number of halogens is 1. The lowest BCUT2D eigenvalue weighted by atomic mass is 9.86. The van der Waals surface area contributed by atoms with E-state index in [9.17, 15) is 14.0 Å². The van der Waals surface area contributed by atoms with E-state index in [4.69, 9.17) is 10.8 Å². The summed E-state index contributed by atoms with van der Waals surface area (Å²) in [6.45, 7) is 5.60. The van der Waals surface area contributed by atoms with E-state index >= 15 is 0 Å². The Labute approximate surface area is 124 Å². The third kappa shape index (κ3) is 4.03. The normalized spacial score (nSPS) is 18.3. The number of benzene rings is 1. The summed E-state index contributed by atoms with van der Waals surface area (Å²) in [5.41, 5.74) is 8.56. The molecule has 0 amide bonds. The number of fused-ring (bicyclic) bond motifs is 1. The van der Waals surface area contributed by atoms with Gasteiger partial charge >= 0.3 is 5.97 Å². The lowest BCUT2D eigenvalue weighted by Crippen LogP contribution is -2.27. The zero-order valence-corrected chi connectivity index (χ0v) is 12.6. The fourth-order valence-corrected chi connectivity index (χ4v) is 2.31. The van der Waals surface area contributed by atoms with Crippen molar-refractivity contribution in [1.82, 2.24) is 0 Å². The SMILES string of the molecule is CC.CC(Cc1cc2c(cc1N)CC(=O)C(F)C2)C(=O)O. The number of anilines is 1. The molecule has 0 saturated carbocycles. The van der Waals surface area contributed by atoms with Gasteiger partial charge in [-0.3, -0.25) is 9.59 Å². The highest BCUT2D eigenvalue weighted by molar-refractivity contribution is 5.88. The molecule has 0 saturated heterocycles. The van der Waals surface area contributed by atoms with Gasteiger partial charge in [-0.2, -0.15) is 0 Å². The third-order valence-corrected chi connectivity index (χ3v) is 3.52. The van der Waals surface area contributed by atoms with Crippen molar-refractivity contribution in [3.63, 3.8) is 0 Å². The predicted octanol–water partition coefficient (Wildman–Crippen LogP) is 2.56. The number of alkyl halides is 1. The Morgan fingerprint density at radius 1 is 1.43 bits per heavy atom. The lowest BCUT2D eigenvalue weighted by molar-refractivity contribution is -0.141. The van der Waals surface area contributed by atoms with Crippen molar-refractivity contribution < 1.29 is 19.1 Å². The number of carbonyl (C=O) groups is 2. The van der Waals surface area contributed by atoms with Crippen LogP contribution in [0.3, 0.4) is 0 Å². The molecule has 2 rings (SSSR count). The number of rotatable bonds is 3. The number of nitrogen functional groups attached to an aromatic ring is 1. The summed E-state index contributed by atoms with van der Waals surface area (Å²) in [5.74, 6) is -1.86.